The van der Waals surface area contributed by atoms with Crippen LogP contribution in [0.2, 0.25) is 0 Å². The average molecular weight is 262 g/mol. The summed E-state index contributed by atoms with van der Waals surface area (Å²) in [5, 5.41) is 22.8. The van der Waals surface area contributed by atoms with Crippen LogP contribution in [0, 0.1) is 5.92 Å². The van der Waals surface area contributed by atoms with Gasteiger partial charge in [-0.3, -0.25) is 0 Å². The molecule has 7 heteroatoms. The number of amides is 2. The van der Waals surface area contributed by atoms with E-state index in [1.54, 1.807) is 0 Å². The van der Waals surface area contributed by atoms with Gasteiger partial charge in [0.25, 0.3) is 0 Å². The summed E-state index contributed by atoms with van der Waals surface area (Å²) in [4.78, 5) is 22.1. The van der Waals surface area contributed by atoms with Gasteiger partial charge in [-0.1, -0.05) is 0 Å². The van der Waals surface area contributed by atoms with Crippen molar-refractivity contribution in [2.75, 3.05) is 18.1 Å². The first-order chi connectivity index (χ1) is 8.00. The fraction of sp³-hybridized carbons (Fsp3) is 0.800. The van der Waals surface area contributed by atoms with Gasteiger partial charge in [-0.05, 0) is 30.8 Å². The summed E-state index contributed by atoms with van der Waals surface area (Å²) in [5.41, 5.74) is 0. The third-order valence-corrected chi connectivity index (χ3v) is 3.84. The van der Waals surface area contributed by atoms with Gasteiger partial charge in [-0.25, -0.2) is 9.59 Å². The standard InChI is InChI=1S/C10H18N2O4S/c1-6(13)8(9(14)15)12-10(16)11-4-7-2-3-17-5-7/h6-8,13H,2-5H2,1H3,(H,14,15)(H2,11,12,16)/t6-,7?,8+/m1/s1. The van der Waals surface area contributed by atoms with Gasteiger partial charge in [0.15, 0.2) is 6.04 Å². The predicted octanol–water partition coefficient (Wildman–Crippen LogP) is -0.127. The zero-order valence-electron chi connectivity index (χ0n) is 9.68. The molecule has 0 aromatic rings. The molecule has 1 unspecified atom stereocenters. The lowest BCUT2D eigenvalue weighted by molar-refractivity contribution is -0.141. The topological polar surface area (TPSA) is 98.7 Å². The number of carbonyl (C=O) groups excluding carboxylic acids is 1. The van der Waals surface area contributed by atoms with Gasteiger partial charge in [0, 0.05) is 6.54 Å². The number of hydrogen-bond acceptors (Lipinski definition) is 4. The van der Waals surface area contributed by atoms with E-state index in [0.29, 0.717) is 12.5 Å². The second kappa shape index (κ2) is 6.70. The molecule has 0 bridgehead atoms. The van der Waals surface area contributed by atoms with Crippen LogP contribution in [-0.4, -0.2) is 52.4 Å². The first-order valence-electron chi connectivity index (χ1n) is 5.53. The number of aliphatic hydroxyl groups excluding tert-OH is 1. The summed E-state index contributed by atoms with van der Waals surface area (Å²) in [6.07, 6.45) is -0.0516. The summed E-state index contributed by atoms with van der Waals surface area (Å²) in [7, 11) is 0. The van der Waals surface area contributed by atoms with E-state index in [1.807, 2.05) is 11.8 Å². The maximum Gasteiger partial charge on any atom is 0.328 e. The molecule has 2 amide bonds. The molecule has 6 nitrogen and oxygen atoms in total. The summed E-state index contributed by atoms with van der Waals surface area (Å²) >= 11 is 1.85. The van der Waals surface area contributed by atoms with Crippen LogP contribution in [0.1, 0.15) is 13.3 Å². The molecule has 1 rings (SSSR count). The molecule has 4 N–H and O–H groups in total. The monoisotopic (exact) mass is 262 g/mol. The first kappa shape index (κ1) is 14.1. The minimum absolute atomic E-state index is 0.459. The van der Waals surface area contributed by atoms with Crippen molar-refractivity contribution in [1.82, 2.24) is 10.6 Å². The lowest BCUT2D eigenvalue weighted by Crippen LogP contribution is -2.51. The highest BCUT2D eigenvalue weighted by atomic mass is 32.2. The molecule has 0 saturated carbocycles. The number of rotatable bonds is 5. The zero-order chi connectivity index (χ0) is 12.8. The van der Waals surface area contributed by atoms with Gasteiger partial charge >= 0.3 is 12.0 Å². The fourth-order valence-electron chi connectivity index (χ4n) is 1.56. The lowest BCUT2D eigenvalue weighted by atomic mass is 10.1. The van der Waals surface area contributed by atoms with E-state index < -0.39 is 24.1 Å². The van der Waals surface area contributed by atoms with Gasteiger partial charge in [0.2, 0.25) is 0 Å². The molecule has 1 heterocycles. The molecule has 0 radical (unpaired) electrons. The Labute approximate surface area is 104 Å². The van der Waals surface area contributed by atoms with Gasteiger partial charge in [-0.2, -0.15) is 11.8 Å². The van der Waals surface area contributed by atoms with Crippen LogP contribution in [0.25, 0.3) is 0 Å². The number of thioether (sulfide) groups is 1. The van der Waals surface area contributed by atoms with Crippen molar-refractivity contribution >= 4 is 23.8 Å². The van der Waals surface area contributed by atoms with Crippen LogP contribution >= 0.6 is 11.8 Å². The molecule has 17 heavy (non-hydrogen) atoms. The van der Waals surface area contributed by atoms with E-state index >= 15 is 0 Å². The zero-order valence-corrected chi connectivity index (χ0v) is 10.5. The van der Waals surface area contributed by atoms with E-state index in [1.165, 1.54) is 6.92 Å². The number of carboxylic acids is 1. The third kappa shape index (κ3) is 4.82. The maximum atomic E-state index is 11.4. The smallest absolute Gasteiger partial charge is 0.328 e. The van der Waals surface area contributed by atoms with Gasteiger partial charge in [0.1, 0.15) is 0 Å². The lowest BCUT2D eigenvalue weighted by Gasteiger charge is -2.18. The van der Waals surface area contributed by atoms with E-state index in [-0.39, 0.29) is 0 Å². The molecule has 0 aromatic carbocycles. The van der Waals surface area contributed by atoms with Crippen LogP contribution < -0.4 is 10.6 Å². The Kier molecular flexibility index (Phi) is 5.57. The Balaban J connectivity index is 2.29. The van der Waals surface area contributed by atoms with Crippen molar-refractivity contribution in [3.63, 3.8) is 0 Å². The van der Waals surface area contributed by atoms with Crippen molar-refractivity contribution in [3.05, 3.63) is 0 Å². The van der Waals surface area contributed by atoms with E-state index in [2.05, 4.69) is 10.6 Å². The normalized spacial score (nSPS) is 22.8. The Bertz CT molecular complexity index is 279. The number of aliphatic carboxylic acids is 1. The van der Waals surface area contributed by atoms with Gasteiger partial charge in [-0.15, -0.1) is 0 Å². The quantitative estimate of drug-likeness (QED) is 0.553. The predicted molar refractivity (Wildman–Crippen MR) is 65.1 cm³/mol. The Hall–Kier alpha value is -0.950. The molecular formula is C10H18N2O4S. The summed E-state index contributed by atoms with van der Waals surface area (Å²) in [6, 6.07) is -1.82. The maximum absolute atomic E-state index is 11.4. The highest BCUT2D eigenvalue weighted by Crippen LogP contribution is 2.22. The van der Waals surface area contributed by atoms with Crippen LogP contribution in [0.5, 0.6) is 0 Å². The Morgan fingerprint density at radius 3 is 2.71 bits per heavy atom. The molecular weight excluding hydrogens is 244 g/mol. The highest BCUT2D eigenvalue weighted by Gasteiger charge is 2.25. The average Bonchev–Trinajstić information content (AvgIpc) is 2.74. The van der Waals surface area contributed by atoms with Gasteiger partial charge in [0.05, 0.1) is 6.10 Å². The number of carbonyl (C=O) groups is 2. The van der Waals surface area contributed by atoms with Crippen molar-refractivity contribution in [3.8, 4) is 0 Å². The number of carboxylic acid groups (broad SMARTS) is 1. The van der Waals surface area contributed by atoms with Crippen LogP contribution in [0.4, 0.5) is 4.79 Å². The summed E-state index contributed by atoms with van der Waals surface area (Å²) in [5.74, 6) is 1.35. The summed E-state index contributed by atoms with van der Waals surface area (Å²) in [6.45, 7) is 1.87. The Morgan fingerprint density at radius 2 is 2.24 bits per heavy atom. The van der Waals surface area contributed by atoms with Crippen LogP contribution in [-0.2, 0) is 4.79 Å². The molecule has 98 valence electrons. The van der Waals surface area contributed by atoms with Crippen molar-refractivity contribution in [2.45, 2.75) is 25.5 Å². The van der Waals surface area contributed by atoms with Crippen molar-refractivity contribution in [2.24, 2.45) is 5.92 Å². The van der Waals surface area contributed by atoms with Gasteiger partial charge < -0.3 is 20.8 Å². The number of aliphatic hydroxyl groups is 1. The highest BCUT2D eigenvalue weighted by molar-refractivity contribution is 7.99. The minimum Gasteiger partial charge on any atom is -0.480 e. The molecule has 0 aromatic heterocycles. The number of urea groups is 1. The summed E-state index contributed by atoms with van der Waals surface area (Å²) < 4.78 is 0. The van der Waals surface area contributed by atoms with Crippen molar-refractivity contribution < 1.29 is 19.8 Å². The largest absolute Gasteiger partial charge is 0.480 e. The molecule has 3 atom stereocenters. The van der Waals surface area contributed by atoms with E-state index in [4.69, 9.17) is 5.11 Å². The fourth-order valence-corrected chi connectivity index (χ4v) is 2.85. The SMILES string of the molecule is C[C@@H](O)[C@H](NC(=O)NCC1CCSC1)C(=O)O. The van der Waals surface area contributed by atoms with Crippen molar-refractivity contribution in [1.29, 1.82) is 0 Å². The minimum atomic E-state index is -1.27. The number of nitrogens with one attached hydrogen (secondary N) is 2. The van der Waals surface area contributed by atoms with E-state index in [9.17, 15) is 14.7 Å². The second-order valence-electron chi connectivity index (χ2n) is 4.14. The van der Waals surface area contributed by atoms with Crippen LogP contribution in [0.3, 0.4) is 0 Å². The molecule has 1 aliphatic rings. The van der Waals surface area contributed by atoms with E-state index in [0.717, 1.165) is 17.9 Å². The third-order valence-electron chi connectivity index (χ3n) is 2.61. The second-order valence-corrected chi connectivity index (χ2v) is 5.29. The molecule has 1 saturated heterocycles. The first-order valence-corrected chi connectivity index (χ1v) is 6.69. The number of hydrogen-bond donors (Lipinski definition) is 4. The molecule has 1 aliphatic heterocycles. The Morgan fingerprint density at radius 1 is 1.53 bits per heavy atom. The molecule has 0 spiro atoms. The van der Waals surface area contributed by atoms with Crippen LogP contribution in [0.15, 0.2) is 0 Å². The molecule has 0 aliphatic carbocycles. The molecule has 1 fully saturated rings.